The molecular weight excluding hydrogens is 263 g/mol. The minimum absolute atomic E-state index is 0.0187. The average Bonchev–Trinajstić information content (AvgIpc) is 2.36. The number of halogens is 1. The molecule has 1 atom stereocenters. The molecule has 1 amide bonds. The van der Waals surface area contributed by atoms with Crippen LogP contribution in [0.2, 0.25) is 0 Å². The van der Waals surface area contributed by atoms with Gasteiger partial charge in [-0.1, -0.05) is 13.3 Å². The van der Waals surface area contributed by atoms with Crippen LogP contribution in [0.25, 0.3) is 0 Å². The number of hydrogen-bond donors (Lipinski definition) is 2. The first-order chi connectivity index (χ1) is 9.43. The van der Waals surface area contributed by atoms with E-state index >= 15 is 0 Å². The van der Waals surface area contributed by atoms with E-state index in [1.54, 1.807) is 0 Å². The van der Waals surface area contributed by atoms with Gasteiger partial charge in [-0.25, -0.2) is 9.18 Å². The Morgan fingerprint density at radius 3 is 2.75 bits per heavy atom. The maximum absolute atomic E-state index is 12.8. The Kier molecular flexibility index (Phi) is 5.96. The standard InChI is InChI=1S/C14H19FN2O3/c1-3-4-9(2)17-13(18)8-20-14(19)11-6-5-10(15)7-12(11)16/h5-7,9H,3-4,8,16H2,1-2H3,(H,17,18). The predicted molar refractivity (Wildman–Crippen MR) is 73.6 cm³/mol. The lowest BCUT2D eigenvalue weighted by molar-refractivity contribution is -0.124. The Morgan fingerprint density at radius 1 is 1.45 bits per heavy atom. The summed E-state index contributed by atoms with van der Waals surface area (Å²) in [6.45, 7) is 3.50. The van der Waals surface area contributed by atoms with E-state index in [0.717, 1.165) is 25.0 Å². The molecule has 0 aromatic heterocycles. The van der Waals surface area contributed by atoms with E-state index in [1.165, 1.54) is 6.07 Å². The number of benzene rings is 1. The Labute approximate surface area is 117 Å². The molecule has 0 aliphatic rings. The van der Waals surface area contributed by atoms with Gasteiger partial charge in [-0.3, -0.25) is 4.79 Å². The van der Waals surface area contributed by atoms with Crippen molar-refractivity contribution in [3.05, 3.63) is 29.6 Å². The summed E-state index contributed by atoms with van der Waals surface area (Å²) in [4.78, 5) is 23.2. The van der Waals surface area contributed by atoms with Crippen LogP contribution in [0.1, 0.15) is 37.0 Å². The van der Waals surface area contributed by atoms with Crippen LogP contribution in [0, 0.1) is 5.82 Å². The molecule has 0 spiro atoms. The van der Waals surface area contributed by atoms with Gasteiger partial charge < -0.3 is 15.8 Å². The molecule has 0 radical (unpaired) electrons. The summed E-state index contributed by atoms with van der Waals surface area (Å²) >= 11 is 0. The van der Waals surface area contributed by atoms with Crippen LogP contribution in [0.3, 0.4) is 0 Å². The summed E-state index contributed by atoms with van der Waals surface area (Å²) in [6.07, 6.45) is 1.80. The number of nitrogens with one attached hydrogen (secondary N) is 1. The van der Waals surface area contributed by atoms with Gasteiger partial charge in [0.2, 0.25) is 0 Å². The van der Waals surface area contributed by atoms with Crippen LogP contribution in [0.5, 0.6) is 0 Å². The summed E-state index contributed by atoms with van der Waals surface area (Å²) in [6, 6.07) is 3.39. The topological polar surface area (TPSA) is 81.4 Å². The zero-order chi connectivity index (χ0) is 15.1. The van der Waals surface area contributed by atoms with Gasteiger partial charge in [-0.05, 0) is 31.5 Å². The number of hydrogen-bond acceptors (Lipinski definition) is 4. The molecule has 1 unspecified atom stereocenters. The van der Waals surface area contributed by atoms with Gasteiger partial charge >= 0.3 is 5.97 Å². The van der Waals surface area contributed by atoms with Crippen molar-refractivity contribution in [1.82, 2.24) is 5.32 Å². The van der Waals surface area contributed by atoms with Gasteiger partial charge in [0, 0.05) is 11.7 Å². The number of carbonyl (C=O) groups is 2. The minimum Gasteiger partial charge on any atom is -0.452 e. The first-order valence-corrected chi connectivity index (χ1v) is 6.45. The molecule has 3 N–H and O–H groups in total. The zero-order valence-electron chi connectivity index (χ0n) is 11.6. The monoisotopic (exact) mass is 282 g/mol. The van der Waals surface area contributed by atoms with Crippen LogP contribution >= 0.6 is 0 Å². The van der Waals surface area contributed by atoms with Crippen molar-refractivity contribution in [3.8, 4) is 0 Å². The van der Waals surface area contributed by atoms with E-state index in [0.29, 0.717) is 0 Å². The number of amides is 1. The smallest absolute Gasteiger partial charge is 0.340 e. The number of nitrogen functional groups attached to an aromatic ring is 1. The van der Waals surface area contributed by atoms with E-state index in [-0.39, 0.29) is 29.8 Å². The second-order valence-corrected chi connectivity index (χ2v) is 4.56. The molecule has 0 aliphatic heterocycles. The third-order valence-electron chi connectivity index (χ3n) is 2.70. The van der Waals surface area contributed by atoms with Gasteiger partial charge in [0.05, 0.1) is 5.56 Å². The number of ether oxygens (including phenoxy) is 1. The summed E-state index contributed by atoms with van der Waals surface area (Å²) < 4.78 is 17.7. The van der Waals surface area contributed by atoms with E-state index in [4.69, 9.17) is 10.5 Å². The second-order valence-electron chi connectivity index (χ2n) is 4.56. The lowest BCUT2D eigenvalue weighted by Gasteiger charge is -2.13. The molecule has 0 fully saturated rings. The Morgan fingerprint density at radius 2 is 2.15 bits per heavy atom. The van der Waals surface area contributed by atoms with Crippen LogP contribution < -0.4 is 11.1 Å². The van der Waals surface area contributed by atoms with Crippen LogP contribution in [0.4, 0.5) is 10.1 Å². The first kappa shape index (κ1) is 15.9. The quantitative estimate of drug-likeness (QED) is 0.616. The SMILES string of the molecule is CCCC(C)NC(=O)COC(=O)c1ccc(F)cc1N. The average molecular weight is 282 g/mol. The molecular formula is C14H19FN2O3. The molecule has 0 heterocycles. The fourth-order valence-electron chi connectivity index (χ4n) is 1.75. The highest BCUT2D eigenvalue weighted by atomic mass is 19.1. The van der Waals surface area contributed by atoms with Gasteiger partial charge in [-0.2, -0.15) is 0 Å². The maximum Gasteiger partial charge on any atom is 0.340 e. The Hall–Kier alpha value is -2.11. The fraction of sp³-hybridized carbons (Fsp3) is 0.429. The normalized spacial score (nSPS) is 11.8. The molecule has 0 bridgehead atoms. The van der Waals surface area contributed by atoms with Crippen LogP contribution in [-0.4, -0.2) is 24.5 Å². The Balaban J connectivity index is 2.49. The van der Waals surface area contributed by atoms with E-state index in [9.17, 15) is 14.0 Å². The van der Waals surface area contributed by atoms with Gasteiger partial charge in [0.25, 0.3) is 5.91 Å². The highest BCUT2D eigenvalue weighted by Crippen LogP contribution is 2.14. The third-order valence-corrected chi connectivity index (χ3v) is 2.70. The van der Waals surface area contributed by atoms with Crippen molar-refractivity contribution in [2.24, 2.45) is 0 Å². The number of esters is 1. The number of rotatable bonds is 6. The van der Waals surface area contributed by atoms with Crippen molar-refractivity contribution in [2.75, 3.05) is 12.3 Å². The number of anilines is 1. The lowest BCUT2D eigenvalue weighted by Crippen LogP contribution is -2.35. The summed E-state index contributed by atoms with van der Waals surface area (Å²) in [5, 5.41) is 2.70. The van der Waals surface area contributed by atoms with Crippen molar-refractivity contribution in [3.63, 3.8) is 0 Å². The Bertz CT molecular complexity index is 491. The molecule has 110 valence electrons. The highest BCUT2D eigenvalue weighted by molar-refractivity contribution is 5.96. The number of nitrogens with two attached hydrogens (primary N) is 1. The molecule has 1 aromatic carbocycles. The third kappa shape index (κ3) is 4.87. The van der Waals surface area contributed by atoms with E-state index in [2.05, 4.69) is 5.32 Å². The van der Waals surface area contributed by atoms with E-state index in [1.807, 2.05) is 13.8 Å². The summed E-state index contributed by atoms with van der Waals surface area (Å²) in [5.41, 5.74) is 5.53. The first-order valence-electron chi connectivity index (χ1n) is 6.45. The second kappa shape index (κ2) is 7.47. The molecule has 0 aliphatic carbocycles. The summed E-state index contributed by atoms with van der Waals surface area (Å²) in [7, 11) is 0. The van der Waals surface area contributed by atoms with Gasteiger partial charge in [0.1, 0.15) is 5.82 Å². The van der Waals surface area contributed by atoms with Crippen molar-refractivity contribution in [2.45, 2.75) is 32.7 Å². The van der Waals surface area contributed by atoms with Crippen LogP contribution in [0.15, 0.2) is 18.2 Å². The van der Waals surface area contributed by atoms with Crippen molar-refractivity contribution >= 4 is 17.6 Å². The fourth-order valence-corrected chi connectivity index (χ4v) is 1.75. The molecule has 1 aromatic rings. The highest BCUT2D eigenvalue weighted by Gasteiger charge is 2.14. The van der Waals surface area contributed by atoms with Gasteiger partial charge in [0.15, 0.2) is 6.61 Å². The molecule has 5 nitrogen and oxygen atoms in total. The minimum atomic E-state index is -0.749. The molecule has 1 rings (SSSR count). The molecule has 6 heteroatoms. The molecule has 0 saturated carbocycles. The molecule has 0 saturated heterocycles. The largest absolute Gasteiger partial charge is 0.452 e. The van der Waals surface area contributed by atoms with Crippen molar-refractivity contribution < 1.29 is 18.7 Å². The van der Waals surface area contributed by atoms with Gasteiger partial charge in [-0.15, -0.1) is 0 Å². The van der Waals surface area contributed by atoms with Crippen molar-refractivity contribution in [1.29, 1.82) is 0 Å². The van der Waals surface area contributed by atoms with Crippen LogP contribution in [-0.2, 0) is 9.53 Å². The maximum atomic E-state index is 12.8. The summed E-state index contributed by atoms with van der Waals surface area (Å²) in [5.74, 6) is -1.66. The predicted octanol–water partition coefficient (Wildman–Crippen LogP) is 1.87. The zero-order valence-corrected chi connectivity index (χ0v) is 11.6. The van der Waals surface area contributed by atoms with E-state index < -0.39 is 11.8 Å². The molecule has 20 heavy (non-hydrogen) atoms. The lowest BCUT2D eigenvalue weighted by atomic mass is 10.2. The number of carbonyl (C=O) groups excluding carboxylic acids is 2.